The van der Waals surface area contributed by atoms with Gasteiger partial charge in [0, 0.05) is 30.6 Å². The molecule has 6 nitrogen and oxygen atoms in total. The third-order valence-corrected chi connectivity index (χ3v) is 2.72. The van der Waals surface area contributed by atoms with Gasteiger partial charge in [-0.1, -0.05) is 0 Å². The number of nitrogen functional groups attached to an aromatic ring is 1. The lowest BCUT2D eigenvalue weighted by Gasteiger charge is -2.04. The smallest absolute Gasteiger partial charge is 0.241 e. The summed E-state index contributed by atoms with van der Waals surface area (Å²) in [5.74, 6) is 0.592. The molecule has 2 aromatic rings. The van der Waals surface area contributed by atoms with E-state index in [1.165, 1.54) is 0 Å². The second-order valence-electron chi connectivity index (χ2n) is 4.09. The van der Waals surface area contributed by atoms with E-state index in [1.807, 2.05) is 12.1 Å². The summed E-state index contributed by atoms with van der Waals surface area (Å²) < 4.78 is 6.75. The van der Waals surface area contributed by atoms with Crippen molar-refractivity contribution in [1.82, 2.24) is 15.1 Å². The standard InChI is InChI=1S/C13H16N4O2/c1-15-13(18)8-17-7-10(6-16-17)9-3-11(14)5-12(4-9)19-2/h3-7H,8,14H2,1-2H3,(H,15,18). The lowest BCUT2D eigenvalue weighted by atomic mass is 10.1. The average Bonchev–Trinajstić information content (AvgIpc) is 2.86. The molecular formula is C13H16N4O2. The quantitative estimate of drug-likeness (QED) is 0.800. The molecule has 0 unspecified atom stereocenters. The molecule has 6 heteroatoms. The Bertz CT molecular complexity index is 592. The van der Waals surface area contributed by atoms with Crippen LogP contribution in [-0.4, -0.2) is 29.8 Å². The van der Waals surface area contributed by atoms with Crippen molar-refractivity contribution in [1.29, 1.82) is 0 Å². The van der Waals surface area contributed by atoms with E-state index < -0.39 is 0 Å². The van der Waals surface area contributed by atoms with Crippen molar-refractivity contribution in [3.63, 3.8) is 0 Å². The predicted octanol–water partition coefficient (Wildman–Crippen LogP) is 0.887. The molecule has 0 aliphatic carbocycles. The number of aromatic nitrogens is 2. The molecule has 0 atom stereocenters. The molecule has 0 radical (unpaired) electrons. The summed E-state index contributed by atoms with van der Waals surface area (Å²) in [7, 11) is 3.18. The van der Waals surface area contributed by atoms with Gasteiger partial charge in [-0.2, -0.15) is 5.10 Å². The Morgan fingerprint density at radius 2 is 2.21 bits per heavy atom. The molecule has 0 bridgehead atoms. The second kappa shape index (κ2) is 5.43. The summed E-state index contributed by atoms with van der Waals surface area (Å²) in [5, 5.41) is 6.69. The Balaban J connectivity index is 2.27. The molecule has 0 saturated heterocycles. The van der Waals surface area contributed by atoms with Crippen LogP contribution in [0.15, 0.2) is 30.6 Å². The van der Waals surface area contributed by atoms with Crippen LogP contribution in [0.4, 0.5) is 5.69 Å². The second-order valence-corrected chi connectivity index (χ2v) is 4.09. The summed E-state index contributed by atoms with van der Waals surface area (Å²) in [6, 6.07) is 5.46. The molecule has 1 heterocycles. The monoisotopic (exact) mass is 260 g/mol. The van der Waals surface area contributed by atoms with E-state index in [-0.39, 0.29) is 12.5 Å². The van der Waals surface area contributed by atoms with Crippen molar-refractivity contribution < 1.29 is 9.53 Å². The topological polar surface area (TPSA) is 82.2 Å². The number of methoxy groups -OCH3 is 1. The van der Waals surface area contributed by atoms with E-state index in [9.17, 15) is 4.79 Å². The molecule has 19 heavy (non-hydrogen) atoms. The number of nitrogens with zero attached hydrogens (tertiary/aromatic N) is 2. The third kappa shape index (κ3) is 3.04. The number of benzene rings is 1. The number of nitrogens with two attached hydrogens (primary N) is 1. The molecular weight excluding hydrogens is 244 g/mol. The number of hydrogen-bond donors (Lipinski definition) is 2. The summed E-state index contributed by atoms with van der Waals surface area (Å²) in [4.78, 5) is 11.3. The van der Waals surface area contributed by atoms with Crippen LogP contribution in [0.2, 0.25) is 0 Å². The molecule has 0 fully saturated rings. The van der Waals surface area contributed by atoms with Crippen molar-refractivity contribution >= 4 is 11.6 Å². The largest absolute Gasteiger partial charge is 0.497 e. The van der Waals surface area contributed by atoms with E-state index in [1.54, 1.807) is 37.3 Å². The zero-order valence-corrected chi connectivity index (χ0v) is 10.9. The molecule has 0 spiro atoms. The first-order valence-corrected chi connectivity index (χ1v) is 5.80. The van der Waals surface area contributed by atoms with Gasteiger partial charge in [0.2, 0.25) is 5.91 Å². The van der Waals surface area contributed by atoms with E-state index in [2.05, 4.69) is 10.4 Å². The minimum atomic E-state index is -0.0974. The first-order chi connectivity index (χ1) is 9.12. The third-order valence-electron chi connectivity index (χ3n) is 2.72. The van der Waals surface area contributed by atoms with Crippen LogP contribution in [-0.2, 0) is 11.3 Å². The molecule has 3 N–H and O–H groups in total. The lowest BCUT2D eigenvalue weighted by Crippen LogP contribution is -2.23. The Labute approximate surface area is 111 Å². The van der Waals surface area contributed by atoms with E-state index >= 15 is 0 Å². The lowest BCUT2D eigenvalue weighted by molar-refractivity contribution is -0.121. The number of ether oxygens (including phenoxy) is 1. The Morgan fingerprint density at radius 1 is 1.42 bits per heavy atom. The van der Waals surface area contributed by atoms with Crippen LogP contribution in [0, 0.1) is 0 Å². The van der Waals surface area contributed by atoms with Gasteiger partial charge in [0.25, 0.3) is 0 Å². The van der Waals surface area contributed by atoms with Crippen molar-refractivity contribution in [3.8, 4) is 16.9 Å². The van der Waals surface area contributed by atoms with Gasteiger partial charge >= 0.3 is 0 Å². The Kier molecular flexibility index (Phi) is 3.70. The van der Waals surface area contributed by atoms with Gasteiger partial charge in [-0.3, -0.25) is 9.48 Å². The fraction of sp³-hybridized carbons (Fsp3) is 0.231. The van der Waals surface area contributed by atoms with Crippen molar-refractivity contribution in [3.05, 3.63) is 30.6 Å². The van der Waals surface area contributed by atoms with Gasteiger partial charge in [-0.15, -0.1) is 0 Å². The van der Waals surface area contributed by atoms with Gasteiger partial charge < -0.3 is 15.8 Å². The van der Waals surface area contributed by atoms with E-state index in [0.29, 0.717) is 11.4 Å². The highest BCUT2D eigenvalue weighted by Gasteiger charge is 2.07. The molecule has 1 aromatic carbocycles. The molecule has 0 saturated carbocycles. The van der Waals surface area contributed by atoms with Crippen molar-refractivity contribution in [2.75, 3.05) is 19.9 Å². The maximum atomic E-state index is 11.3. The highest BCUT2D eigenvalue weighted by molar-refractivity contribution is 5.75. The van der Waals surface area contributed by atoms with Crippen LogP contribution in [0.25, 0.3) is 11.1 Å². The number of carbonyl (C=O) groups is 1. The highest BCUT2D eigenvalue weighted by atomic mass is 16.5. The van der Waals surface area contributed by atoms with Crippen LogP contribution in [0.5, 0.6) is 5.75 Å². The maximum absolute atomic E-state index is 11.3. The number of likely N-dealkylation sites (N-methyl/N-ethyl adjacent to an activating group) is 1. The minimum absolute atomic E-state index is 0.0974. The number of rotatable bonds is 4. The Hall–Kier alpha value is -2.50. The Morgan fingerprint density at radius 3 is 2.89 bits per heavy atom. The van der Waals surface area contributed by atoms with Crippen LogP contribution < -0.4 is 15.8 Å². The number of anilines is 1. The van der Waals surface area contributed by atoms with Gasteiger partial charge in [-0.05, 0) is 17.7 Å². The van der Waals surface area contributed by atoms with Gasteiger partial charge in [0.05, 0.1) is 13.3 Å². The van der Waals surface area contributed by atoms with Crippen LogP contribution in [0.3, 0.4) is 0 Å². The zero-order valence-electron chi connectivity index (χ0n) is 10.9. The number of hydrogen-bond acceptors (Lipinski definition) is 4. The number of carbonyl (C=O) groups excluding carboxylic acids is 1. The minimum Gasteiger partial charge on any atom is -0.497 e. The first kappa shape index (κ1) is 12.9. The zero-order chi connectivity index (χ0) is 13.8. The van der Waals surface area contributed by atoms with Gasteiger partial charge in [-0.25, -0.2) is 0 Å². The van der Waals surface area contributed by atoms with Gasteiger partial charge in [0.1, 0.15) is 12.3 Å². The van der Waals surface area contributed by atoms with E-state index in [4.69, 9.17) is 10.5 Å². The maximum Gasteiger partial charge on any atom is 0.241 e. The molecule has 2 rings (SSSR count). The molecule has 1 aromatic heterocycles. The summed E-state index contributed by atoms with van der Waals surface area (Å²) in [6.45, 7) is 0.190. The number of amides is 1. The summed E-state index contributed by atoms with van der Waals surface area (Å²) in [6.07, 6.45) is 3.49. The van der Waals surface area contributed by atoms with E-state index in [0.717, 1.165) is 11.1 Å². The first-order valence-electron chi connectivity index (χ1n) is 5.80. The molecule has 100 valence electrons. The average molecular weight is 260 g/mol. The number of nitrogens with one attached hydrogen (secondary N) is 1. The molecule has 0 aliphatic heterocycles. The van der Waals surface area contributed by atoms with Crippen LogP contribution >= 0.6 is 0 Å². The SMILES string of the molecule is CNC(=O)Cn1cc(-c2cc(N)cc(OC)c2)cn1. The molecule has 1 amide bonds. The van der Waals surface area contributed by atoms with Gasteiger partial charge in [0.15, 0.2) is 0 Å². The van der Waals surface area contributed by atoms with Crippen LogP contribution in [0.1, 0.15) is 0 Å². The predicted molar refractivity (Wildman–Crippen MR) is 72.7 cm³/mol. The summed E-state index contributed by atoms with van der Waals surface area (Å²) in [5.41, 5.74) is 8.22. The fourth-order valence-electron chi connectivity index (χ4n) is 1.73. The molecule has 0 aliphatic rings. The van der Waals surface area contributed by atoms with Crippen molar-refractivity contribution in [2.45, 2.75) is 6.54 Å². The summed E-state index contributed by atoms with van der Waals surface area (Å²) >= 11 is 0. The van der Waals surface area contributed by atoms with Crippen molar-refractivity contribution in [2.24, 2.45) is 0 Å². The highest BCUT2D eigenvalue weighted by Crippen LogP contribution is 2.26. The normalized spacial score (nSPS) is 10.2. The fourth-order valence-corrected chi connectivity index (χ4v) is 1.73.